The first-order valence-electron chi connectivity index (χ1n) is 13.0. The molecule has 2 amide bonds. The number of methoxy groups -OCH3 is 2. The molecule has 1 heterocycles. The number of amides is 2. The van der Waals surface area contributed by atoms with E-state index in [1.807, 2.05) is 26.8 Å². The zero-order valence-corrected chi connectivity index (χ0v) is 23.3. The number of carbonyl (C=O) groups is 2. The minimum Gasteiger partial charge on any atom is -0.505 e. The Morgan fingerprint density at radius 2 is 1.71 bits per heavy atom. The predicted molar refractivity (Wildman–Crippen MR) is 145 cm³/mol. The van der Waals surface area contributed by atoms with Gasteiger partial charge in [0.1, 0.15) is 5.75 Å². The van der Waals surface area contributed by atoms with Gasteiger partial charge in [0, 0.05) is 31.4 Å². The molecule has 3 atom stereocenters. The van der Waals surface area contributed by atoms with E-state index in [0.717, 1.165) is 11.6 Å². The van der Waals surface area contributed by atoms with Gasteiger partial charge in [-0.3, -0.25) is 4.79 Å². The number of phenolic OH excluding ortho intramolecular Hbond substituents is 2. The summed E-state index contributed by atoms with van der Waals surface area (Å²) < 4.78 is 30.9. The van der Waals surface area contributed by atoms with Gasteiger partial charge in [0.15, 0.2) is 17.7 Å². The Kier molecular flexibility index (Phi) is 14.4. The lowest BCUT2D eigenvalue weighted by Gasteiger charge is -2.26. The summed E-state index contributed by atoms with van der Waals surface area (Å²) in [6.07, 6.45) is 4.80. The van der Waals surface area contributed by atoms with E-state index in [2.05, 4.69) is 5.32 Å². The lowest BCUT2D eigenvalue weighted by Crippen LogP contribution is -2.35. The van der Waals surface area contributed by atoms with Gasteiger partial charge in [-0.05, 0) is 64.4 Å². The third-order valence-electron chi connectivity index (χ3n) is 6.41. The van der Waals surface area contributed by atoms with E-state index in [1.54, 1.807) is 20.1 Å². The van der Waals surface area contributed by atoms with Crippen LogP contribution in [0.2, 0.25) is 0 Å². The number of benzene rings is 1. The number of hydrogen-bond donors (Lipinski definition) is 4. The van der Waals surface area contributed by atoms with Gasteiger partial charge in [-0.1, -0.05) is 26.0 Å². The third kappa shape index (κ3) is 9.64. The van der Waals surface area contributed by atoms with Crippen LogP contribution in [0, 0.1) is 5.82 Å². The first-order chi connectivity index (χ1) is 18.1. The standard InChI is InChI=1S/C26H37FN2O7.C2H6/c1-15-8-5-10-17(34-3)11-7-12-18-22(30)19(27)14-20(23(18)31)29-25(32)16(2)9-6-13-21(35-4)24(15)36-26(28)33;1-2/h8-9,14,17,21,24,30-31H,5-7,10-13H2,1-4H3,(H2,28,33)(H,29,32);1-2H3/b15-8+,16-9+;. The van der Waals surface area contributed by atoms with Gasteiger partial charge in [-0.15, -0.1) is 0 Å². The zero-order valence-electron chi connectivity index (χ0n) is 23.3. The second-order valence-corrected chi connectivity index (χ2v) is 8.91. The summed E-state index contributed by atoms with van der Waals surface area (Å²) in [4.78, 5) is 24.2. The molecular formula is C28H43FN2O7. The molecule has 3 unspecified atom stereocenters. The summed E-state index contributed by atoms with van der Waals surface area (Å²) in [6.45, 7) is 7.42. The average molecular weight is 539 g/mol. The van der Waals surface area contributed by atoms with Crippen LogP contribution < -0.4 is 11.1 Å². The molecule has 0 spiro atoms. The first kappa shape index (κ1) is 32.9. The molecule has 0 fully saturated rings. The van der Waals surface area contributed by atoms with Crippen molar-refractivity contribution in [1.82, 2.24) is 0 Å². The Hall–Kier alpha value is -3.11. The second kappa shape index (κ2) is 16.7. The van der Waals surface area contributed by atoms with Crippen LogP contribution in [0.4, 0.5) is 14.9 Å². The number of phenols is 2. The maximum atomic E-state index is 14.4. The molecule has 9 nitrogen and oxygen atoms in total. The number of allylic oxidation sites excluding steroid dienone is 2. The molecule has 1 aromatic carbocycles. The number of fused-ring (bicyclic) bond motifs is 2. The minimum atomic E-state index is -0.932. The molecule has 1 aliphatic rings. The Bertz CT molecular complexity index is 994. The topological polar surface area (TPSA) is 140 Å². The fourth-order valence-corrected chi connectivity index (χ4v) is 4.27. The fraction of sp³-hybridized carbons (Fsp3) is 0.571. The molecule has 1 aromatic rings. The van der Waals surface area contributed by atoms with Crippen LogP contribution in [0.25, 0.3) is 0 Å². The van der Waals surface area contributed by atoms with E-state index in [0.29, 0.717) is 44.1 Å². The van der Waals surface area contributed by atoms with Crippen LogP contribution in [0.3, 0.4) is 0 Å². The van der Waals surface area contributed by atoms with Crippen molar-refractivity contribution in [3.63, 3.8) is 0 Å². The van der Waals surface area contributed by atoms with E-state index in [1.165, 1.54) is 7.11 Å². The minimum absolute atomic E-state index is 0.0322. The largest absolute Gasteiger partial charge is 0.505 e. The lowest BCUT2D eigenvalue weighted by atomic mass is 9.98. The maximum absolute atomic E-state index is 14.4. The second-order valence-electron chi connectivity index (χ2n) is 8.91. The summed E-state index contributed by atoms with van der Waals surface area (Å²) in [7, 11) is 3.10. The molecule has 38 heavy (non-hydrogen) atoms. The van der Waals surface area contributed by atoms with Gasteiger partial charge in [0.25, 0.3) is 5.91 Å². The van der Waals surface area contributed by atoms with Crippen molar-refractivity contribution in [3.05, 3.63) is 40.7 Å². The Morgan fingerprint density at radius 1 is 1.05 bits per heavy atom. The van der Waals surface area contributed by atoms with Crippen LogP contribution >= 0.6 is 0 Å². The molecule has 0 aromatic heterocycles. The number of carbonyl (C=O) groups excluding carboxylic acids is 2. The number of ether oxygens (including phenoxy) is 3. The number of nitrogens with one attached hydrogen (secondary N) is 1. The monoisotopic (exact) mass is 538 g/mol. The quantitative estimate of drug-likeness (QED) is 0.227. The molecule has 2 rings (SSSR count). The van der Waals surface area contributed by atoms with Crippen LogP contribution in [0.1, 0.15) is 71.8 Å². The highest BCUT2D eigenvalue weighted by Gasteiger charge is 2.26. The van der Waals surface area contributed by atoms with E-state index in [-0.39, 0.29) is 29.5 Å². The Labute approximate surface area is 224 Å². The zero-order chi connectivity index (χ0) is 28.8. The maximum Gasteiger partial charge on any atom is 0.405 e. The Morgan fingerprint density at radius 3 is 2.32 bits per heavy atom. The lowest BCUT2D eigenvalue weighted by molar-refractivity contribution is -0.112. The highest BCUT2D eigenvalue weighted by Crippen LogP contribution is 2.38. The predicted octanol–water partition coefficient (Wildman–Crippen LogP) is 5.48. The molecule has 214 valence electrons. The van der Waals surface area contributed by atoms with Gasteiger partial charge in [-0.25, -0.2) is 9.18 Å². The summed E-state index contributed by atoms with van der Waals surface area (Å²) in [6, 6.07) is 0.890. The van der Waals surface area contributed by atoms with Crippen LogP contribution in [0.5, 0.6) is 11.5 Å². The summed E-state index contributed by atoms with van der Waals surface area (Å²) in [5.41, 5.74) is 6.33. The van der Waals surface area contributed by atoms with Gasteiger partial charge in [0.2, 0.25) is 0 Å². The summed E-state index contributed by atoms with van der Waals surface area (Å²) in [5.74, 6) is -2.47. The summed E-state index contributed by atoms with van der Waals surface area (Å²) >= 11 is 0. The van der Waals surface area contributed by atoms with Crippen molar-refractivity contribution in [1.29, 1.82) is 0 Å². The average Bonchev–Trinajstić information content (AvgIpc) is 2.89. The molecular weight excluding hydrogens is 495 g/mol. The number of anilines is 1. The Balaban J connectivity index is 0.00000352. The third-order valence-corrected chi connectivity index (χ3v) is 6.41. The molecule has 0 aliphatic carbocycles. The normalized spacial score (nSPS) is 24.5. The van der Waals surface area contributed by atoms with Gasteiger partial charge in [0.05, 0.1) is 17.9 Å². The van der Waals surface area contributed by atoms with Crippen molar-refractivity contribution in [2.45, 2.75) is 91.0 Å². The van der Waals surface area contributed by atoms with Gasteiger partial charge < -0.3 is 35.5 Å². The number of primary amides is 1. The summed E-state index contributed by atoms with van der Waals surface area (Å²) in [5, 5.41) is 23.3. The molecule has 2 bridgehead atoms. The van der Waals surface area contributed by atoms with Crippen LogP contribution in [0.15, 0.2) is 29.4 Å². The molecule has 0 radical (unpaired) electrons. The van der Waals surface area contributed by atoms with Crippen molar-refractivity contribution >= 4 is 17.7 Å². The molecule has 10 heteroatoms. The molecule has 5 N–H and O–H groups in total. The van der Waals surface area contributed by atoms with Crippen molar-refractivity contribution in [2.24, 2.45) is 5.73 Å². The van der Waals surface area contributed by atoms with E-state index in [4.69, 9.17) is 19.9 Å². The highest BCUT2D eigenvalue weighted by molar-refractivity contribution is 6.04. The van der Waals surface area contributed by atoms with E-state index >= 15 is 0 Å². The molecule has 0 saturated heterocycles. The van der Waals surface area contributed by atoms with Crippen molar-refractivity contribution < 1.29 is 38.4 Å². The first-order valence-corrected chi connectivity index (χ1v) is 13.0. The number of nitrogens with two attached hydrogens (primary N) is 1. The van der Waals surface area contributed by atoms with E-state index in [9.17, 15) is 24.2 Å². The van der Waals surface area contributed by atoms with E-state index < -0.39 is 35.8 Å². The number of rotatable bonds is 3. The molecule has 0 saturated carbocycles. The van der Waals surface area contributed by atoms with Crippen molar-refractivity contribution in [3.8, 4) is 11.5 Å². The smallest absolute Gasteiger partial charge is 0.405 e. The molecule has 1 aliphatic heterocycles. The number of aromatic hydroxyl groups is 2. The number of halogens is 1. The van der Waals surface area contributed by atoms with Crippen molar-refractivity contribution in [2.75, 3.05) is 19.5 Å². The highest BCUT2D eigenvalue weighted by atomic mass is 19.1. The van der Waals surface area contributed by atoms with Crippen LogP contribution in [-0.4, -0.2) is 54.7 Å². The van der Waals surface area contributed by atoms with Crippen LogP contribution in [-0.2, 0) is 25.4 Å². The number of hydrogen-bond acceptors (Lipinski definition) is 7. The van der Waals surface area contributed by atoms with Gasteiger partial charge in [-0.2, -0.15) is 0 Å². The fourth-order valence-electron chi connectivity index (χ4n) is 4.27. The van der Waals surface area contributed by atoms with Gasteiger partial charge >= 0.3 is 6.09 Å². The SMILES string of the molecule is CC.COC1CC/C=C(\C)C(OC(N)=O)C(OC)CC/C=C(\C)C(=O)Nc2cc(F)c(O)c(c2O)CCC1.